The van der Waals surface area contributed by atoms with Crippen molar-refractivity contribution < 1.29 is 9.53 Å². The van der Waals surface area contributed by atoms with Crippen LogP contribution in [0.4, 0.5) is 0 Å². The quantitative estimate of drug-likeness (QED) is 0.743. The van der Waals surface area contributed by atoms with Gasteiger partial charge in [-0.1, -0.05) is 6.92 Å². The largest absolute Gasteiger partial charge is 0.376 e. The molecule has 0 bridgehead atoms. The van der Waals surface area contributed by atoms with Crippen LogP contribution >= 0.6 is 0 Å². The minimum atomic E-state index is -0.00449. The second-order valence-electron chi connectivity index (χ2n) is 4.93. The molecule has 3 unspecified atom stereocenters. The number of ether oxygens (including phenoxy) is 1. The minimum absolute atomic E-state index is 0.00449. The molecule has 2 rings (SSSR count). The summed E-state index contributed by atoms with van der Waals surface area (Å²) in [5, 5.41) is 6.29. The fourth-order valence-corrected chi connectivity index (χ4v) is 2.53. The standard InChI is InChI=1S/C12H22N2O2/c1-9-4-2-6-13-11(9)12(15)14-8-10-5-3-7-16-10/h9-11,13H,2-8H2,1H3,(H,14,15). The smallest absolute Gasteiger partial charge is 0.237 e. The van der Waals surface area contributed by atoms with Gasteiger partial charge in [-0.25, -0.2) is 0 Å². The Morgan fingerprint density at radius 1 is 1.44 bits per heavy atom. The average molecular weight is 226 g/mol. The summed E-state index contributed by atoms with van der Waals surface area (Å²) in [6.45, 7) is 4.62. The van der Waals surface area contributed by atoms with E-state index in [4.69, 9.17) is 4.74 Å². The van der Waals surface area contributed by atoms with Crippen molar-refractivity contribution in [1.82, 2.24) is 10.6 Å². The topological polar surface area (TPSA) is 50.4 Å². The summed E-state index contributed by atoms with van der Waals surface area (Å²) in [4.78, 5) is 11.9. The summed E-state index contributed by atoms with van der Waals surface area (Å²) in [5.41, 5.74) is 0. The molecule has 2 aliphatic heterocycles. The van der Waals surface area contributed by atoms with Crippen LogP contribution in [0.3, 0.4) is 0 Å². The van der Waals surface area contributed by atoms with Crippen molar-refractivity contribution in [3.05, 3.63) is 0 Å². The van der Waals surface area contributed by atoms with Gasteiger partial charge in [0.25, 0.3) is 0 Å². The molecule has 92 valence electrons. The lowest BCUT2D eigenvalue weighted by molar-refractivity contribution is -0.125. The Hall–Kier alpha value is -0.610. The summed E-state index contributed by atoms with van der Waals surface area (Å²) in [6.07, 6.45) is 4.76. The van der Waals surface area contributed by atoms with Gasteiger partial charge in [0.2, 0.25) is 5.91 Å². The molecule has 4 nitrogen and oxygen atoms in total. The molecule has 2 N–H and O–H groups in total. The van der Waals surface area contributed by atoms with E-state index >= 15 is 0 Å². The van der Waals surface area contributed by atoms with Crippen LogP contribution in [0.2, 0.25) is 0 Å². The van der Waals surface area contributed by atoms with Gasteiger partial charge in [-0.2, -0.15) is 0 Å². The molecule has 1 amide bonds. The van der Waals surface area contributed by atoms with Gasteiger partial charge < -0.3 is 15.4 Å². The Kier molecular flexibility index (Phi) is 4.18. The molecule has 0 spiro atoms. The molecule has 0 aliphatic carbocycles. The Morgan fingerprint density at radius 2 is 2.31 bits per heavy atom. The first kappa shape index (κ1) is 11.9. The second-order valence-corrected chi connectivity index (χ2v) is 4.93. The van der Waals surface area contributed by atoms with E-state index in [1.54, 1.807) is 0 Å². The van der Waals surface area contributed by atoms with Crippen molar-refractivity contribution >= 4 is 5.91 Å². The van der Waals surface area contributed by atoms with Crippen LogP contribution in [0, 0.1) is 5.92 Å². The number of carbonyl (C=O) groups excluding carboxylic acids is 1. The first-order valence-electron chi connectivity index (χ1n) is 6.40. The van der Waals surface area contributed by atoms with Gasteiger partial charge >= 0.3 is 0 Å². The van der Waals surface area contributed by atoms with Crippen LogP contribution in [0.15, 0.2) is 0 Å². The molecule has 3 atom stereocenters. The molecule has 2 fully saturated rings. The number of hydrogen-bond donors (Lipinski definition) is 2. The van der Waals surface area contributed by atoms with Crippen LogP contribution in [-0.2, 0) is 9.53 Å². The van der Waals surface area contributed by atoms with Crippen molar-refractivity contribution in [2.24, 2.45) is 5.92 Å². The molecule has 4 heteroatoms. The van der Waals surface area contributed by atoms with E-state index in [1.807, 2.05) is 0 Å². The van der Waals surface area contributed by atoms with Crippen molar-refractivity contribution in [2.75, 3.05) is 19.7 Å². The van der Waals surface area contributed by atoms with E-state index in [9.17, 15) is 4.79 Å². The summed E-state index contributed by atoms with van der Waals surface area (Å²) in [6, 6.07) is -0.00449. The van der Waals surface area contributed by atoms with E-state index in [0.29, 0.717) is 12.5 Å². The highest BCUT2D eigenvalue weighted by Crippen LogP contribution is 2.16. The number of carbonyl (C=O) groups is 1. The zero-order valence-electron chi connectivity index (χ0n) is 10.00. The van der Waals surface area contributed by atoms with E-state index < -0.39 is 0 Å². The second kappa shape index (κ2) is 5.64. The SMILES string of the molecule is CC1CCCNC1C(=O)NCC1CCCO1. The maximum absolute atomic E-state index is 11.9. The van der Waals surface area contributed by atoms with Gasteiger partial charge in [-0.3, -0.25) is 4.79 Å². The number of hydrogen-bond acceptors (Lipinski definition) is 3. The molecule has 2 saturated heterocycles. The van der Waals surface area contributed by atoms with Crippen molar-refractivity contribution in [1.29, 1.82) is 0 Å². The fourth-order valence-electron chi connectivity index (χ4n) is 2.53. The summed E-state index contributed by atoms with van der Waals surface area (Å²) < 4.78 is 5.48. The summed E-state index contributed by atoms with van der Waals surface area (Å²) in [5.74, 6) is 0.584. The molecule has 2 aliphatic rings. The summed E-state index contributed by atoms with van der Waals surface area (Å²) in [7, 11) is 0. The molecule has 0 aromatic carbocycles. The third-order valence-electron chi connectivity index (χ3n) is 3.58. The average Bonchev–Trinajstić information content (AvgIpc) is 2.79. The predicted molar refractivity (Wildman–Crippen MR) is 62.2 cm³/mol. The van der Waals surface area contributed by atoms with E-state index in [1.165, 1.54) is 6.42 Å². The Balaban J connectivity index is 1.73. The van der Waals surface area contributed by atoms with Crippen molar-refractivity contribution in [3.8, 4) is 0 Å². The van der Waals surface area contributed by atoms with Crippen LogP contribution in [0.5, 0.6) is 0 Å². The molecule has 0 aromatic rings. The normalized spacial score (nSPS) is 34.9. The molecule has 0 radical (unpaired) electrons. The third kappa shape index (κ3) is 2.95. The van der Waals surface area contributed by atoms with Crippen LogP contribution in [0.1, 0.15) is 32.6 Å². The highest BCUT2D eigenvalue weighted by molar-refractivity contribution is 5.82. The lowest BCUT2D eigenvalue weighted by Crippen LogP contribution is -2.51. The van der Waals surface area contributed by atoms with Gasteiger partial charge in [0.1, 0.15) is 0 Å². The zero-order chi connectivity index (χ0) is 11.4. The molecule has 0 aromatic heterocycles. The lowest BCUT2D eigenvalue weighted by atomic mass is 9.92. The monoisotopic (exact) mass is 226 g/mol. The molecule has 16 heavy (non-hydrogen) atoms. The van der Waals surface area contributed by atoms with E-state index in [2.05, 4.69) is 17.6 Å². The Bertz CT molecular complexity index is 239. The van der Waals surface area contributed by atoms with E-state index in [-0.39, 0.29) is 18.1 Å². The van der Waals surface area contributed by atoms with Crippen molar-refractivity contribution in [3.63, 3.8) is 0 Å². The highest BCUT2D eigenvalue weighted by Gasteiger charge is 2.27. The lowest BCUT2D eigenvalue weighted by Gasteiger charge is -2.29. The number of rotatable bonds is 3. The van der Waals surface area contributed by atoms with Crippen LogP contribution in [0.25, 0.3) is 0 Å². The number of nitrogens with one attached hydrogen (secondary N) is 2. The summed E-state index contributed by atoms with van der Waals surface area (Å²) >= 11 is 0. The third-order valence-corrected chi connectivity index (χ3v) is 3.58. The minimum Gasteiger partial charge on any atom is -0.376 e. The van der Waals surface area contributed by atoms with Gasteiger partial charge in [0.05, 0.1) is 12.1 Å². The number of amides is 1. The number of piperidine rings is 1. The van der Waals surface area contributed by atoms with Crippen LogP contribution in [-0.4, -0.2) is 37.7 Å². The molecule has 2 heterocycles. The first-order chi connectivity index (χ1) is 7.77. The first-order valence-corrected chi connectivity index (χ1v) is 6.40. The maximum atomic E-state index is 11.9. The van der Waals surface area contributed by atoms with Gasteiger partial charge in [-0.05, 0) is 38.1 Å². The van der Waals surface area contributed by atoms with E-state index in [0.717, 1.165) is 32.4 Å². The predicted octanol–water partition coefficient (Wildman–Crippen LogP) is 0.670. The Labute approximate surface area is 97.1 Å². The highest BCUT2D eigenvalue weighted by atomic mass is 16.5. The zero-order valence-corrected chi connectivity index (χ0v) is 10.00. The maximum Gasteiger partial charge on any atom is 0.237 e. The molecular formula is C12H22N2O2. The Morgan fingerprint density at radius 3 is 3.00 bits per heavy atom. The van der Waals surface area contributed by atoms with Crippen molar-refractivity contribution in [2.45, 2.75) is 44.8 Å². The molecular weight excluding hydrogens is 204 g/mol. The van der Waals surface area contributed by atoms with Gasteiger partial charge in [0, 0.05) is 13.2 Å². The fraction of sp³-hybridized carbons (Fsp3) is 0.917. The van der Waals surface area contributed by atoms with Crippen LogP contribution < -0.4 is 10.6 Å². The molecule has 0 saturated carbocycles. The van der Waals surface area contributed by atoms with Gasteiger partial charge in [-0.15, -0.1) is 0 Å². The van der Waals surface area contributed by atoms with Gasteiger partial charge in [0.15, 0.2) is 0 Å².